The van der Waals surface area contributed by atoms with E-state index < -0.39 is 6.55 Å². The van der Waals surface area contributed by atoms with Gasteiger partial charge in [0, 0.05) is 29.2 Å². The maximum absolute atomic E-state index is 12.7. The molecule has 2 aromatic rings. The highest BCUT2D eigenvalue weighted by molar-refractivity contribution is 7.12. The van der Waals surface area contributed by atoms with Gasteiger partial charge in [0.05, 0.1) is 12.1 Å². The summed E-state index contributed by atoms with van der Waals surface area (Å²) in [5.74, 6) is -0.0175. The molecule has 0 unspecified atom stereocenters. The van der Waals surface area contributed by atoms with Crippen LogP contribution in [-0.2, 0) is 6.54 Å². The van der Waals surface area contributed by atoms with E-state index in [9.17, 15) is 13.6 Å². The highest BCUT2D eigenvalue weighted by atomic mass is 32.1. The van der Waals surface area contributed by atoms with Crippen molar-refractivity contribution in [2.75, 3.05) is 7.05 Å². The van der Waals surface area contributed by atoms with Crippen molar-refractivity contribution >= 4 is 17.2 Å². The number of aryl methyl sites for hydroxylation is 2. The smallest absolute Gasteiger partial charge is 0.319 e. The fraction of sp³-hybridized carbons (Fsp3) is 0.385. The summed E-state index contributed by atoms with van der Waals surface area (Å²) >= 11 is 1.54. The van der Waals surface area contributed by atoms with E-state index in [0.29, 0.717) is 5.56 Å². The first kappa shape index (κ1) is 14.6. The average Bonchev–Trinajstić information content (AvgIpc) is 2.94. The molecular weight excluding hydrogens is 284 g/mol. The number of carbonyl (C=O) groups excluding carboxylic acids is 1. The molecule has 2 rings (SSSR count). The highest BCUT2D eigenvalue weighted by Gasteiger charge is 2.19. The Bertz CT molecular complexity index is 621. The van der Waals surface area contributed by atoms with Gasteiger partial charge in [-0.2, -0.15) is 8.78 Å². The summed E-state index contributed by atoms with van der Waals surface area (Å²) in [5.41, 5.74) is 0.616. The van der Waals surface area contributed by atoms with Crippen molar-refractivity contribution in [3.63, 3.8) is 0 Å². The van der Waals surface area contributed by atoms with E-state index in [4.69, 9.17) is 0 Å². The highest BCUT2D eigenvalue weighted by Crippen LogP contribution is 2.22. The molecule has 2 aromatic heterocycles. The number of halogens is 2. The Balaban J connectivity index is 2.16. The Hall–Kier alpha value is -1.76. The summed E-state index contributed by atoms with van der Waals surface area (Å²) in [5, 5.41) is 0. The van der Waals surface area contributed by atoms with Crippen LogP contribution in [0.2, 0.25) is 0 Å². The van der Waals surface area contributed by atoms with E-state index in [2.05, 4.69) is 4.98 Å². The Kier molecular flexibility index (Phi) is 4.17. The van der Waals surface area contributed by atoms with Crippen molar-refractivity contribution in [2.45, 2.75) is 26.9 Å². The van der Waals surface area contributed by atoms with Crippen molar-refractivity contribution in [1.29, 1.82) is 0 Å². The van der Waals surface area contributed by atoms with Crippen LogP contribution in [0.5, 0.6) is 0 Å². The van der Waals surface area contributed by atoms with E-state index in [1.165, 1.54) is 17.3 Å². The molecule has 0 aromatic carbocycles. The number of alkyl halides is 2. The molecule has 20 heavy (non-hydrogen) atoms. The Morgan fingerprint density at radius 2 is 2.20 bits per heavy atom. The molecule has 1 amide bonds. The van der Waals surface area contributed by atoms with E-state index in [0.717, 1.165) is 14.3 Å². The monoisotopic (exact) mass is 299 g/mol. The van der Waals surface area contributed by atoms with Crippen molar-refractivity contribution in [3.8, 4) is 0 Å². The van der Waals surface area contributed by atoms with Crippen LogP contribution in [0.15, 0.2) is 18.5 Å². The predicted molar refractivity (Wildman–Crippen MR) is 73.1 cm³/mol. The van der Waals surface area contributed by atoms with Gasteiger partial charge in [-0.15, -0.1) is 11.3 Å². The number of thiophene rings is 1. The third kappa shape index (κ3) is 2.87. The number of rotatable bonds is 4. The lowest BCUT2D eigenvalue weighted by Crippen LogP contribution is -2.28. The molecule has 0 radical (unpaired) electrons. The average molecular weight is 299 g/mol. The van der Waals surface area contributed by atoms with Gasteiger partial charge >= 0.3 is 6.55 Å². The van der Waals surface area contributed by atoms with Crippen molar-refractivity contribution < 1.29 is 13.6 Å². The molecule has 4 nitrogen and oxygen atoms in total. The minimum absolute atomic E-state index is 0.0461. The van der Waals surface area contributed by atoms with Crippen LogP contribution in [-0.4, -0.2) is 27.4 Å². The molecule has 0 saturated heterocycles. The molecule has 0 spiro atoms. The summed E-state index contributed by atoms with van der Waals surface area (Å²) in [6.45, 7) is 1.20. The zero-order valence-electron chi connectivity index (χ0n) is 11.4. The van der Waals surface area contributed by atoms with Crippen LogP contribution >= 0.6 is 11.3 Å². The molecule has 0 bridgehead atoms. The fourth-order valence-electron chi connectivity index (χ4n) is 1.98. The molecule has 0 saturated carbocycles. The van der Waals surface area contributed by atoms with Gasteiger partial charge in [-0.25, -0.2) is 4.98 Å². The number of imidazole rings is 1. The Morgan fingerprint density at radius 3 is 2.75 bits per heavy atom. The molecule has 0 aliphatic rings. The van der Waals surface area contributed by atoms with Crippen molar-refractivity contribution in [3.05, 3.63) is 39.6 Å². The second kappa shape index (κ2) is 5.70. The summed E-state index contributed by atoms with van der Waals surface area (Å²) < 4.78 is 26.2. The van der Waals surface area contributed by atoms with Gasteiger partial charge in [-0.3, -0.25) is 9.36 Å². The van der Waals surface area contributed by atoms with E-state index in [1.807, 2.05) is 19.9 Å². The second-order valence-electron chi connectivity index (χ2n) is 4.52. The van der Waals surface area contributed by atoms with E-state index in [1.54, 1.807) is 18.4 Å². The largest absolute Gasteiger partial charge is 0.334 e. The molecule has 0 atom stereocenters. The van der Waals surface area contributed by atoms with Crippen LogP contribution in [0.4, 0.5) is 8.78 Å². The first-order valence-electron chi connectivity index (χ1n) is 6.02. The fourth-order valence-corrected chi connectivity index (χ4v) is 2.89. The van der Waals surface area contributed by atoms with Gasteiger partial charge in [0.1, 0.15) is 5.82 Å². The first-order chi connectivity index (χ1) is 9.40. The Morgan fingerprint density at radius 1 is 1.50 bits per heavy atom. The SMILES string of the molecule is Cc1cc(C(=O)N(C)Cc2nccn2C(F)F)c(C)s1. The molecule has 108 valence electrons. The first-order valence-corrected chi connectivity index (χ1v) is 6.84. The van der Waals surface area contributed by atoms with Crippen LogP contribution in [0.1, 0.15) is 32.5 Å². The van der Waals surface area contributed by atoms with Gasteiger partial charge in [-0.1, -0.05) is 0 Å². The summed E-state index contributed by atoms with van der Waals surface area (Å²) in [6.07, 6.45) is 2.51. The van der Waals surface area contributed by atoms with Crippen LogP contribution < -0.4 is 0 Å². The second-order valence-corrected chi connectivity index (χ2v) is 5.98. The molecule has 7 heteroatoms. The lowest BCUT2D eigenvalue weighted by atomic mass is 10.2. The maximum atomic E-state index is 12.7. The van der Waals surface area contributed by atoms with E-state index in [-0.39, 0.29) is 18.3 Å². The number of hydrogen-bond acceptors (Lipinski definition) is 3. The maximum Gasteiger partial charge on any atom is 0.319 e. The number of carbonyl (C=O) groups is 1. The molecule has 0 aliphatic heterocycles. The van der Waals surface area contributed by atoms with Crippen molar-refractivity contribution in [2.24, 2.45) is 0 Å². The minimum Gasteiger partial charge on any atom is -0.334 e. The lowest BCUT2D eigenvalue weighted by molar-refractivity contribution is 0.0612. The third-order valence-electron chi connectivity index (χ3n) is 2.96. The van der Waals surface area contributed by atoms with Crippen molar-refractivity contribution in [1.82, 2.24) is 14.5 Å². The molecule has 0 fully saturated rings. The summed E-state index contributed by atoms with van der Waals surface area (Å²) in [6, 6.07) is 1.82. The van der Waals surface area contributed by atoms with Crippen LogP contribution in [0.3, 0.4) is 0 Å². The number of nitrogens with zero attached hydrogens (tertiary/aromatic N) is 3. The van der Waals surface area contributed by atoms with E-state index >= 15 is 0 Å². The lowest BCUT2D eigenvalue weighted by Gasteiger charge is -2.17. The summed E-state index contributed by atoms with van der Waals surface area (Å²) in [7, 11) is 1.58. The zero-order valence-corrected chi connectivity index (χ0v) is 12.2. The molecule has 2 heterocycles. The number of aromatic nitrogens is 2. The van der Waals surface area contributed by atoms with Gasteiger partial charge in [-0.05, 0) is 19.9 Å². The topological polar surface area (TPSA) is 38.1 Å². The summed E-state index contributed by atoms with van der Waals surface area (Å²) in [4.78, 5) is 19.5. The van der Waals surface area contributed by atoms with Crippen LogP contribution in [0.25, 0.3) is 0 Å². The number of amides is 1. The van der Waals surface area contributed by atoms with Crippen LogP contribution in [0, 0.1) is 13.8 Å². The van der Waals surface area contributed by atoms with Gasteiger partial charge in [0.15, 0.2) is 0 Å². The predicted octanol–water partition coefficient (Wildman–Crippen LogP) is 3.23. The molecule has 0 aliphatic carbocycles. The third-order valence-corrected chi connectivity index (χ3v) is 3.92. The van der Waals surface area contributed by atoms with Gasteiger partial charge < -0.3 is 4.90 Å². The minimum atomic E-state index is -2.65. The molecule has 0 N–H and O–H groups in total. The Labute approximate surface area is 119 Å². The van der Waals surface area contributed by atoms with Gasteiger partial charge in [0.2, 0.25) is 0 Å². The normalized spacial score (nSPS) is 11.1. The standard InChI is InChI=1S/C13H15F2N3OS/c1-8-6-10(9(2)20-8)12(19)17(3)7-11-16-4-5-18(11)13(14)15/h4-6,13H,7H2,1-3H3. The zero-order chi connectivity index (χ0) is 14.9. The number of hydrogen-bond donors (Lipinski definition) is 0. The quantitative estimate of drug-likeness (QED) is 0.869. The van der Waals surface area contributed by atoms with Gasteiger partial charge in [0.25, 0.3) is 5.91 Å². The molecular formula is C13H15F2N3OS.